The quantitative estimate of drug-likeness (QED) is 0.0254. The molecule has 2 heterocycles. The number of aliphatic hydroxyl groups excluding tert-OH is 8. The van der Waals surface area contributed by atoms with Crippen LogP contribution in [0.1, 0.15) is 168 Å². The first-order valence-corrected chi connectivity index (χ1v) is 24.9. The van der Waals surface area contributed by atoms with Gasteiger partial charge in [0, 0.05) is 6.42 Å². The van der Waals surface area contributed by atoms with Crippen LogP contribution in [0.5, 0.6) is 0 Å². The average Bonchev–Trinajstić information content (AvgIpc) is 3.29. The number of aliphatic hydroxyl groups is 8. The van der Waals surface area contributed by atoms with Crippen LogP contribution in [0.2, 0.25) is 0 Å². The lowest BCUT2D eigenvalue weighted by molar-refractivity contribution is -0.359. The van der Waals surface area contributed by atoms with Crippen LogP contribution < -0.4 is 5.32 Å². The summed E-state index contributed by atoms with van der Waals surface area (Å²) in [6, 6.07) is -0.936. The van der Waals surface area contributed by atoms with E-state index in [9.17, 15) is 45.6 Å². The Kier molecular flexibility index (Phi) is 33.6. The lowest BCUT2D eigenvalue weighted by Gasteiger charge is -2.46. The zero-order valence-electron chi connectivity index (χ0n) is 39.3. The van der Waals surface area contributed by atoms with Gasteiger partial charge in [0.05, 0.1) is 32.0 Å². The molecule has 0 saturated carbocycles. The summed E-state index contributed by atoms with van der Waals surface area (Å²) in [7, 11) is 0. The minimum atomic E-state index is -1.79. The fourth-order valence-corrected chi connectivity index (χ4v) is 7.85. The second-order valence-electron chi connectivity index (χ2n) is 17.6. The molecule has 2 aliphatic heterocycles. The number of rotatable bonds is 37. The van der Waals surface area contributed by atoms with Gasteiger partial charge in [-0.15, -0.1) is 0 Å². The summed E-state index contributed by atoms with van der Waals surface area (Å²) in [6.07, 6.45) is 25.9. The van der Waals surface area contributed by atoms with E-state index in [2.05, 4.69) is 55.6 Å². The molecule has 372 valence electrons. The van der Waals surface area contributed by atoms with E-state index in [1.54, 1.807) is 6.08 Å². The third-order valence-electron chi connectivity index (χ3n) is 11.9. The van der Waals surface area contributed by atoms with Crippen molar-refractivity contribution in [1.82, 2.24) is 5.32 Å². The fraction of sp³-hybridized carbons (Fsp3) is 0.820. The first kappa shape index (κ1) is 58.1. The SMILES string of the molecule is CCC/C=C/CC/C=C/CC/C=C/C(O)C(COC1OC(CO)C(OC2OC(CO)C(O)C(O)C2O)C(O)C1O)NC(=O)CCCCCCCCCCC/C=C\CCCCCCCC. The zero-order chi connectivity index (χ0) is 46.8. The van der Waals surface area contributed by atoms with Gasteiger partial charge in [0.25, 0.3) is 0 Å². The van der Waals surface area contributed by atoms with Crippen LogP contribution in [0.4, 0.5) is 0 Å². The Morgan fingerprint density at radius 2 is 1.03 bits per heavy atom. The Morgan fingerprint density at radius 1 is 0.547 bits per heavy atom. The smallest absolute Gasteiger partial charge is 0.220 e. The first-order valence-electron chi connectivity index (χ1n) is 24.9. The average molecular weight is 912 g/mol. The molecule has 2 aliphatic rings. The van der Waals surface area contributed by atoms with Crippen molar-refractivity contribution in [2.75, 3.05) is 19.8 Å². The number of hydrogen-bond donors (Lipinski definition) is 9. The van der Waals surface area contributed by atoms with Crippen LogP contribution in [-0.4, -0.2) is 140 Å². The number of unbranched alkanes of at least 4 members (excludes halogenated alkanes) is 18. The van der Waals surface area contributed by atoms with Crippen molar-refractivity contribution in [3.05, 3.63) is 48.6 Å². The molecule has 12 unspecified atom stereocenters. The molecule has 2 rings (SSSR count). The molecule has 12 atom stereocenters. The van der Waals surface area contributed by atoms with E-state index in [-0.39, 0.29) is 18.9 Å². The van der Waals surface area contributed by atoms with Crippen molar-refractivity contribution >= 4 is 5.91 Å². The van der Waals surface area contributed by atoms with Gasteiger partial charge in [-0.05, 0) is 64.2 Å². The number of nitrogens with one attached hydrogen (secondary N) is 1. The number of ether oxygens (including phenoxy) is 4. The highest BCUT2D eigenvalue weighted by Crippen LogP contribution is 2.30. The van der Waals surface area contributed by atoms with Crippen LogP contribution in [0, 0.1) is 0 Å². The molecule has 0 aromatic rings. The van der Waals surface area contributed by atoms with Crippen molar-refractivity contribution in [2.24, 2.45) is 0 Å². The number of carbonyl (C=O) groups is 1. The van der Waals surface area contributed by atoms with Gasteiger partial charge in [-0.1, -0.05) is 146 Å². The van der Waals surface area contributed by atoms with E-state index >= 15 is 0 Å². The lowest BCUT2D eigenvalue weighted by Crippen LogP contribution is -2.65. The van der Waals surface area contributed by atoms with Crippen molar-refractivity contribution < 1.29 is 64.6 Å². The Labute approximate surface area is 384 Å². The highest BCUT2D eigenvalue weighted by Gasteiger charge is 2.51. The molecule has 0 bridgehead atoms. The first-order chi connectivity index (χ1) is 31.1. The Morgan fingerprint density at radius 3 is 1.59 bits per heavy atom. The van der Waals surface area contributed by atoms with E-state index in [0.717, 1.165) is 51.4 Å². The van der Waals surface area contributed by atoms with Gasteiger partial charge in [-0.3, -0.25) is 4.79 Å². The highest BCUT2D eigenvalue weighted by atomic mass is 16.7. The molecule has 14 heteroatoms. The van der Waals surface area contributed by atoms with Crippen molar-refractivity contribution in [3.63, 3.8) is 0 Å². The largest absolute Gasteiger partial charge is 0.394 e. The van der Waals surface area contributed by atoms with Gasteiger partial charge >= 0.3 is 0 Å². The predicted octanol–water partition coefficient (Wildman–Crippen LogP) is 6.10. The van der Waals surface area contributed by atoms with Gasteiger partial charge in [0.15, 0.2) is 12.6 Å². The second kappa shape index (κ2) is 37.0. The standard InChI is InChI=1S/C50H89NO13/c1-3-5-7-9-11-13-15-16-17-18-19-20-21-22-24-26-28-30-32-34-42(55)51-38(39(54)33-31-29-27-25-23-14-12-10-8-6-4-2)37-61-49-47(60)45(58)48(41(36-53)63-49)64-50-46(59)44(57)43(56)40(35-52)62-50/h8,10,16-17,23,25,31,33,38-41,43-50,52-54,56-60H,3-7,9,11-15,18-22,24,26-30,32,34-37H2,1-2H3,(H,51,55)/b10-8+,17-16-,25-23+,33-31+. The Balaban J connectivity index is 1.84. The van der Waals surface area contributed by atoms with Crippen LogP contribution >= 0.6 is 0 Å². The molecule has 9 N–H and O–H groups in total. The maximum atomic E-state index is 13.1. The van der Waals surface area contributed by atoms with Gasteiger partial charge in [0.1, 0.15) is 48.8 Å². The number of amides is 1. The molecule has 0 aromatic carbocycles. The van der Waals surface area contributed by atoms with Crippen molar-refractivity contribution in [1.29, 1.82) is 0 Å². The highest BCUT2D eigenvalue weighted by molar-refractivity contribution is 5.76. The molecule has 2 saturated heterocycles. The third-order valence-corrected chi connectivity index (χ3v) is 11.9. The van der Waals surface area contributed by atoms with E-state index in [0.29, 0.717) is 12.8 Å². The van der Waals surface area contributed by atoms with Gasteiger partial charge in [0.2, 0.25) is 5.91 Å². The summed E-state index contributed by atoms with van der Waals surface area (Å²) in [6.45, 7) is 2.66. The van der Waals surface area contributed by atoms with E-state index in [1.165, 1.54) is 83.5 Å². The normalized spacial score (nSPS) is 27.7. The van der Waals surface area contributed by atoms with E-state index < -0.39 is 86.8 Å². The van der Waals surface area contributed by atoms with Crippen LogP contribution in [0.25, 0.3) is 0 Å². The lowest BCUT2D eigenvalue weighted by atomic mass is 9.97. The predicted molar refractivity (Wildman–Crippen MR) is 249 cm³/mol. The van der Waals surface area contributed by atoms with Gasteiger partial charge in [-0.25, -0.2) is 0 Å². The van der Waals surface area contributed by atoms with Crippen molar-refractivity contribution in [3.8, 4) is 0 Å². The van der Waals surface area contributed by atoms with Gasteiger partial charge < -0.3 is 65.1 Å². The molecule has 1 amide bonds. The molecule has 0 aliphatic carbocycles. The Bertz CT molecular complexity index is 1260. The number of allylic oxidation sites excluding steroid dienone is 7. The molecular formula is C50H89NO13. The molecule has 64 heavy (non-hydrogen) atoms. The minimum absolute atomic E-state index is 0.260. The molecule has 0 spiro atoms. The molecular weight excluding hydrogens is 823 g/mol. The summed E-state index contributed by atoms with van der Waals surface area (Å²) in [5.41, 5.74) is 0. The van der Waals surface area contributed by atoms with Crippen molar-refractivity contribution in [2.45, 2.75) is 242 Å². The summed E-state index contributed by atoms with van der Waals surface area (Å²) >= 11 is 0. The topological polar surface area (TPSA) is 228 Å². The monoisotopic (exact) mass is 912 g/mol. The number of carbonyl (C=O) groups excluding carboxylic acids is 1. The van der Waals surface area contributed by atoms with Crippen LogP contribution in [0.3, 0.4) is 0 Å². The summed E-state index contributed by atoms with van der Waals surface area (Å²) in [5.74, 6) is -0.260. The fourth-order valence-electron chi connectivity index (χ4n) is 7.85. The molecule has 0 radical (unpaired) electrons. The molecule has 0 aromatic heterocycles. The summed E-state index contributed by atoms with van der Waals surface area (Å²) in [5, 5.41) is 86.5. The minimum Gasteiger partial charge on any atom is -0.394 e. The maximum absolute atomic E-state index is 13.1. The van der Waals surface area contributed by atoms with Crippen LogP contribution in [-0.2, 0) is 23.7 Å². The van der Waals surface area contributed by atoms with E-state index in [1.807, 2.05) is 6.08 Å². The third kappa shape index (κ3) is 24.1. The van der Waals surface area contributed by atoms with Gasteiger partial charge in [-0.2, -0.15) is 0 Å². The van der Waals surface area contributed by atoms with Crippen LogP contribution in [0.15, 0.2) is 48.6 Å². The summed E-state index contributed by atoms with van der Waals surface area (Å²) < 4.78 is 22.6. The second-order valence-corrected chi connectivity index (χ2v) is 17.6. The zero-order valence-corrected chi connectivity index (χ0v) is 39.3. The number of hydrogen-bond acceptors (Lipinski definition) is 13. The maximum Gasteiger partial charge on any atom is 0.220 e. The Hall–Kier alpha value is -2.05. The summed E-state index contributed by atoms with van der Waals surface area (Å²) in [4.78, 5) is 13.1. The molecule has 2 fully saturated rings. The molecule has 14 nitrogen and oxygen atoms in total. The van der Waals surface area contributed by atoms with E-state index in [4.69, 9.17) is 18.9 Å².